The topological polar surface area (TPSA) is 69.4 Å². The first-order valence-corrected chi connectivity index (χ1v) is 5.44. The van der Waals surface area contributed by atoms with Gasteiger partial charge in [0.15, 0.2) is 5.78 Å². The normalized spacial score (nSPS) is 10.3. The Kier molecular flexibility index (Phi) is 3.85. The minimum absolute atomic E-state index is 0.204. The van der Waals surface area contributed by atoms with Crippen molar-refractivity contribution in [1.29, 1.82) is 0 Å². The maximum Gasteiger partial charge on any atom is 0.313 e. The SMILES string of the molecule is CC(C)OC(=O)CC(=O)c1ccsc1N. The van der Waals surface area contributed by atoms with Gasteiger partial charge in [0.2, 0.25) is 0 Å². The van der Waals surface area contributed by atoms with Gasteiger partial charge in [0.05, 0.1) is 16.7 Å². The molecule has 0 amide bonds. The van der Waals surface area contributed by atoms with E-state index in [1.165, 1.54) is 11.3 Å². The second-order valence-corrected chi connectivity index (χ2v) is 4.28. The van der Waals surface area contributed by atoms with Gasteiger partial charge < -0.3 is 10.5 Å². The molecule has 0 unspecified atom stereocenters. The lowest BCUT2D eigenvalue weighted by atomic mass is 10.1. The maximum atomic E-state index is 11.5. The fraction of sp³-hybridized carbons (Fsp3) is 0.400. The molecule has 1 aromatic rings. The lowest BCUT2D eigenvalue weighted by Crippen LogP contribution is -2.15. The van der Waals surface area contributed by atoms with Crippen molar-refractivity contribution in [2.24, 2.45) is 0 Å². The monoisotopic (exact) mass is 227 g/mol. The third kappa shape index (κ3) is 3.36. The van der Waals surface area contributed by atoms with Crippen LogP contribution >= 0.6 is 11.3 Å². The number of hydrogen-bond donors (Lipinski definition) is 1. The van der Waals surface area contributed by atoms with Crippen LogP contribution in [0.4, 0.5) is 5.00 Å². The van der Waals surface area contributed by atoms with Crippen LogP contribution in [-0.2, 0) is 9.53 Å². The number of anilines is 1. The predicted octanol–water partition coefficient (Wildman–Crippen LogP) is 1.85. The van der Waals surface area contributed by atoms with E-state index in [0.717, 1.165) is 0 Å². The highest BCUT2D eigenvalue weighted by Crippen LogP contribution is 2.20. The lowest BCUT2D eigenvalue weighted by molar-refractivity contribution is -0.146. The highest BCUT2D eigenvalue weighted by atomic mass is 32.1. The van der Waals surface area contributed by atoms with Crippen LogP contribution in [0.15, 0.2) is 11.4 Å². The van der Waals surface area contributed by atoms with Crippen molar-refractivity contribution in [3.05, 3.63) is 17.0 Å². The molecule has 0 aliphatic rings. The summed E-state index contributed by atoms with van der Waals surface area (Å²) in [4.78, 5) is 22.7. The highest BCUT2D eigenvalue weighted by molar-refractivity contribution is 7.14. The van der Waals surface area contributed by atoms with Crippen LogP contribution in [0.25, 0.3) is 0 Å². The van der Waals surface area contributed by atoms with E-state index < -0.39 is 5.97 Å². The van der Waals surface area contributed by atoms with Crippen LogP contribution in [0.2, 0.25) is 0 Å². The van der Waals surface area contributed by atoms with Gasteiger partial charge in [-0.05, 0) is 25.3 Å². The first-order valence-electron chi connectivity index (χ1n) is 4.56. The number of nitrogens with two attached hydrogens (primary N) is 1. The number of carbonyl (C=O) groups is 2. The van der Waals surface area contributed by atoms with Gasteiger partial charge in [0.25, 0.3) is 0 Å². The van der Waals surface area contributed by atoms with Crippen molar-refractivity contribution in [2.75, 3.05) is 5.73 Å². The van der Waals surface area contributed by atoms with E-state index in [4.69, 9.17) is 10.5 Å². The molecule has 4 nitrogen and oxygen atoms in total. The Morgan fingerprint density at radius 1 is 1.53 bits per heavy atom. The van der Waals surface area contributed by atoms with Gasteiger partial charge in [-0.2, -0.15) is 0 Å². The summed E-state index contributed by atoms with van der Waals surface area (Å²) in [6.45, 7) is 3.47. The number of nitrogen functional groups attached to an aromatic ring is 1. The van der Waals surface area contributed by atoms with Gasteiger partial charge >= 0.3 is 5.97 Å². The number of esters is 1. The zero-order chi connectivity index (χ0) is 11.4. The summed E-state index contributed by atoms with van der Waals surface area (Å²) < 4.78 is 4.86. The van der Waals surface area contributed by atoms with Gasteiger partial charge in [0, 0.05) is 0 Å². The molecule has 0 aliphatic heterocycles. The smallest absolute Gasteiger partial charge is 0.313 e. The summed E-state index contributed by atoms with van der Waals surface area (Å²) in [6.07, 6.45) is -0.454. The van der Waals surface area contributed by atoms with Gasteiger partial charge in [-0.25, -0.2) is 0 Å². The number of rotatable bonds is 4. The fourth-order valence-electron chi connectivity index (χ4n) is 1.08. The van der Waals surface area contributed by atoms with Gasteiger partial charge in [-0.15, -0.1) is 11.3 Å². The average Bonchev–Trinajstić information content (AvgIpc) is 2.49. The average molecular weight is 227 g/mol. The lowest BCUT2D eigenvalue weighted by Gasteiger charge is -2.06. The number of ketones is 1. The number of Topliss-reactive ketones (excluding diaryl/α,β-unsaturated/α-hetero) is 1. The zero-order valence-corrected chi connectivity index (χ0v) is 9.47. The first kappa shape index (κ1) is 11.7. The second kappa shape index (κ2) is 4.93. The molecule has 2 N–H and O–H groups in total. The maximum absolute atomic E-state index is 11.5. The van der Waals surface area contributed by atoms with E-state index >= 15 is 0 Å². The Bertz CT molecular complexity index is 370. The summed E-state index contributed by atoms with van der Waals surface area (Å²) in [7, 11) is 0. The van der Waals surface area contributed by atoms with Crippen molar-refractivity contribution in [3.63, 3.8) is 0 Å². The van der Waals surface area contributed by atoms with Crippen molar-refractivity contribution in [3.8, 4) is 0 Å². The first-order chi connectivity index (χ1) is 7.00. The molecule has 0 saturated carbocycles. The molecule has 0 spiro atoms. The molecule has 0 aromatic carbocycles. The van der Waals surface area contributed by atoms with Gasteiger partial charge in [-0.1, -0.05) is 0 Å². The quantitative estimate of drug-likeness (QED) is 0.484. The summed E-state index contributed by atoms with van der Waals surface area (Å²) in [6, 6.07) is 1.62. The molecular formula is C10H13NO3S. The number of carbonyl (C=O) groups excluding carboxylic acids is 2. The van der Waals surface area contributed by atoms with E-state index in [2.05, 4.69) is 0 Å². The summed E-state index contributed by atoms with van der Waals surface area (Å²) >= 11 is 1.28. The molecule has 0 radical (unpaired) electrons. The molecule has 0 fully saturated rings. The van der Waals surface area contributed by atoms with Gasteiger partial charge in [0.1, 0.15) is 6.42 Å². The Hall–Kier alpha value is -1.36. The van der Waals surface area contributed by atoms with E-state index in [9.17, 15) is 9.59 Å². The molecule has 0 saturated heterocycles. The molecule has 0 atom stereocenters. The third-order valence-corrected chi connectivity index (χ3v) is 2.41. The number of thiophene rings is 1. The Morgan fingerprint density at radius 3 is 2.67 bits per heavy atom. The molecule has 5 heteroatoms. The van der Waals surface area contributed by atoms with E-state index in [0.29, 0.717) is 10.6 Å². The molecule has 82 valence electrons. The van der Waals surface area contributed by atoms with Crippen LogP contribution < -0.4 is 5.73 Å². The van der Waals surface area contributed by atoms with Crippen molar-refractivity contribution in [2.45, 2.75) is 26.4 Å². The van der Waals surface area contributed by atoms with Crippen LogP contribution in [-0.4, -0.2) is 17.9 Å². The molecule has 1 aromatic heterocycles. The van der Waals surface area contributed by atoms with Crippen molar-refractivity contribution < 1.29 is 14.3 Å². The predicted molar refractivity (Wildman–Crippen MR) is 58.9 cm³/mol. The second-order valence-electron chi connectivity index (χ2n) is 3.34. The fourth-order valence-corrected chi connectivity index (χ4v) is 1.74. The van der Waals surface area contributed by atoms with Crippen LogP contribution in [0, 0.1) is 0 Å². The summed E-state index contributed by atoms with van der Waals surface area (Å²) in [5, 5.41) is 2.16. The zero-order valence-electron chi connectivity index (χ0n) is 8.65. The molecular weight excluding hydrogens is 214 g/mol. The largest absolute Gasteiger partial charge is 0.463 e. The van der Waals surface area contributed by atoms with E-state index in [1.54, 1.807) is 25.3 Å². The minimum Gasteiger partial charge on any atom is -0.463 e. The molecule has 1 rings (SSSR count). The molecule has 15 heavy (non-hydrogen) atoms. The van der Waals surface area contributed by atoms with E-state index in [1.807, 2.05) is 0 Å². The Morgan fingerprint density at radius 2 is 2.20 bits per heavy atom. The Balaban J connectivity index is 2.57. The molecule has 0 bridgehead atoms. The van der Waals surface area contributed by atoms with Crippen LogP contribution in [0.5, 0.6) is 0 Å². The molecule has 1 heterocycles. The summed E-state index contributed by atoms with van der Waals surface area (Å²) in [5.74, 6) is -0.806. The van der Waals surface area contributed by atoms with Crippen molar-refractivity contribution >= 4 is 28.1 Å². The minimum atomic E-state index is -0.513. The summed E-state index contributed by atoms with van der Waals surface area (Å²) in [5.41, 5.74) is 5.97. The Labute approximate surface area is 92.0 Å². The van der Waals surface area contributed by atoms with E-state index in [-0.39, 0.29) is 18.3 Å². The van der Waals surface area contributed by atoms with Crippen LogP contribution in [0.3, 0.4) is 0 Å². The number of hydrogen-bond acceptors (Lipinski definition) is 5. The standard InChI is InChI=1S/C10H13NO3S/c1-6(2)14-9(13)5-8(12)7-3-4-15-10(7)11/h3-4,6H,5,11H2,1-2H3. The van der Waals surface area contributed by atoms with Crippen molar-refractivity contribution in [1.82, 2.24) is 0 Å². The third-order valence-electron chi connectivity index (χ3n) is 1.67. The number of ether oxygens (including phenoxy) is 1. The highest BCUT2D eigenvalue weighted by Gasteiger charge is 2.16. The van der Waals surface area contributed by atoms with Crippen LogP contribution in [0.1, 0.15) is 30.6 Å². The molecule has 0 aliphatic carbocycles. The van der Waals surface area contributed by atoms with Gasteiger partial charge in [-0.3, -0.25) is 9.59 Å².